The van der Waals surface area contributed by atoms with Crippen LogP contribution in [0.15, 0.2) is 18.2 Å². The van der Waals surface area contributed by atoms with Crippen LogP contribution < -0.4 is 10.2 Å². The highest BCUT2D eigenvalue weighted by Gasteiger charge is 2.28. The second-order valence-electron chi connectivity index (χ2n) is 3.27. The van der Waals surface area contributed by atoms with E-state index in [0.717, 1.165) is 11.3 Å². The Kier molecular flexibility index (Phi) is 2.63. The summed E-state index contributed by atoms with van der Waals surface area (Å²) in [4.78, 5) is 13.1. The van der Waals surface area contributed by atoms with E-state index < -0.39 is 0 Å². The van der Waals surface area contributed by atoms with Gasteiger partial charge in [0, 0.05) is 5.02 Å². The molecular weight excluding hydrogens is 232 g/mol. The number of benzene rings is 1. The predicted molar refractivity (Wildman–Crippen MR) is 64.3 cm³/mol. The minimum Gasteiger partial charge on any atom is -0.353 e. The van der Waals surface area contributed by atoms with E-state index in [2.05, 4.69) is 5.32 Å². The third-order valence-corrected chi connectivity index (χ3v) is 3.06. The Morgan fingerprint density at radius 2 is 2.27 bits per heavy atom. The van der Waals surface area contributed by atoms with Crippen molar-refractivity contribution in [3.05, 3.63) is 28.8 Å². The first-order valence-corrected chi connectivity index (χ1v) is 5.26. The van der Waals surface area contributed by atoms with Crippen molar-refractivity contribution in [2.75, 3.05) is 11.4 Å². The fourth-order valence-corrected chi connectivity index (χ4v) is 1.95. The molecule has 1 aliphatic heterocycles. The summed E-state index contributed by atoms with van der Waals surface area (Å²) < 4.78 is 0. The predicted octanol–water partition coefficient (Wildman–Crippen LogP) is 1.87. The van der Waals surface area contributed by atoms with Gasteiger partial charge in [0.15, 0.2) is 5.11 Å². The summed E-state index contributed by atoms with van der Waals surface area (Å²) >= 11 is 11.0. The van der Waals surface area contributed by atoms with Gasteiger partial charge in [0.2, 0.25) is 0 Å². The third kappa shape index (κ3) is 1.70. The number of nitrogens with one attached hydrogen (secondary N) is 1. The second kappa shape index (κ2) is 3.79. The van der Waals surface area contributed by atoms with Gasteiger partial charge in [-0.3, -0.25) is 9.69 Å². The van der Waals surface area contributed by atoms with E-state index in [4.69, 9.17) is 23.8 Å². The first-order valence-electron chi connectivity index (χ1n) is 4.47. The van der Waals surface area contributed by atoms with Crippen molar-refractivity contribution in [3.63, 3.8) is 0 Å². The fraction of sp³-hybridized carbons (Fsp3) is 0.200. The Balaban J connectivity index is 2.49. The Hall–Kier alpha value is -1.13. The zero-order valence-electron chi connectivity index (χ0n) is 8.08. The molecule has 0 aromatic heterocycles. The SMILES string of the molecule is Cc1c(Cl)cccc1N1C(=O)CNC1=S. The molecular formula is C10H9ClN2OS. The Bertz CT molecular complexity index is 431. The molecule has 78 valence electrons. The van der Waals surface area contributed by atoms with Gasteiger partial charge in [-0.1, -0.05) is 17.7 Å². The van der Waals surface area contributed by atoms with E-state index in [1.807, 2.05) is 13.0 Å². The van der Waals surface area contributed by atoms with Gasteiger partial charge in [0.1, 0.15) is 0 Å². The van der Waals surface area contributed by atoms with Crippen molar-refractivity contribution in [1.29, 1.82) is 0 Å². The topological polar surface area (TPSA) is 32.3 Å². The highest BCUT2D eigenvalue weighted by Crippen LogP contribution is 2.27. The van der Waals surface area contributed by atoms with E-state index in [9.17, 15) is 4.79 Å². The van der Waals surface area contributed by atoms with E-state index in [1.165, 1.54) is 4.90 Å². The molecule has 1 aromatic rings. The van der Waals surface area contributed by atoms with Crippen LogP contribution in [0.5, 0.6) is 0 Å². The minimum atomic E-state index is -0.0506. The minimum absolute atomic E-state index is 0.0506. The standard InChI is InChI=1S/C10H9ClN2OS/c1-6-7(11)3-2-4-8(6)13-9(14)5-12-10(13)15/h2-4H,5H2,1H3,(H,12,15). The summed E-state index contributed by atoms with van der Waals surface area (Å²) in [6.07, 6.45) is 0. The number of halogens is 1. The summed E-state index contributed by atoms with van der Waals surface area (Å²) in [5.41, 5.74) is 1.61. The first-order chi connectivity index (χ1) is 7.11. The summed E-state index contributed by atoms with van der Waals surface area (Å²) in [6.45, 7) is 2.12. The number of hydrogen-bond acceptors (Lipinski definition) is 2. The molecule has 0 spiro atoms. The Morgan fingerprint density at radius 3 is 2.87 bits per heavy atom. The van der Waals surface area contributed by atoms with Crippen LogP contribution in [0.2, 0.25) is 5.02 Å². The average Bonchev–Trinajstić information content (AvgIpc) is 2.52. The van der Waals surface area contributed by atoms with E-state index in [-0.39, 0.29) is 12.5 Å². The maximum absolute atomic E-state index is 11.6. The van der Waals surface area contributed by atoms with Crippen LogP contribution in [-0.4, -0.2) is 17.6 Å². The largest absolute Gasteiger partial charge is 0.353 e. The highest BCUT2D eigenvalue weighted by atomic mass is 35.5. The molecule has 0 saturated carbocycles. The monoisotopic (exact) mass is 240 g/mol. The zero-order valence-corrected chi connectivity index (χ0v) is 9.65. The lowest BCUT2D eigenvalue weighted by Gasteiger charge is -2.17. The van der Waals surface area contributed by atoms with Crippen LogP contribution in [0.1, 0.15) is 5.56 Å². The number of amides is 1. The Labute approximate surface area is 98.0 Å². The van der Waals surface area contributed by atoms with Crippen LogP contribution in [0.25, 0.3) is 0 Å². The molecule has 0 atom stereocenters. The van der Waals surface area contributed by atoms with Crippen LogP contribution in [-0.2, 0) is 4.79 Å². The average molecular weight is 241 g/mol. The molecule has 0 bridgehead atoms. The van der Waals surface area contributed by atoms with Gasteiger partial charge in [-0.05, 0) is 36.8 Å². The van der Waals surface area contributed by atoms with E-state index in [0.29, 0.717) is 10.1 Å². The van der Waals surface area contributed by atoms with Gasteiger partial charge < -0.3 is 5.32 Å². The molecule has 0 unspecified atom stereocenters. The molecule has 1 amide bonds. The summed E-state index contributed by atoms with van der Waals surface area (Å²) in [6, 6.07) is 5.43. The van der Waals surface area contributed by atoms with Gasteiger partial charge in [-0.15, -0.1) is 0 Å². The number of rotatable bonds is 1. The van der Waals surface area contributed by atoms with Gasteiger partial charge in [0.25, 0.3) is 5.91 Å². The quantitative estimate of drug-likeness (QED) is 0.761. The van der Waals surface area contributed by atoms with Crippen LogP contribution >= 0.6 is 23.8 Å². The normalized spacial score (nSPS) is 15.7. The number of carbonyl (C=O) groups excluding carboxylic acids is 1. The van der Waals surface area contributed by atoms with Gasteiger partial charge >= 0.3 is 0 Å². The molecule has 1 aromatic carbocycles. The van der Waals surface area contributed by atoms with Crippen molar-refractivity contribution in [3.8, 4) is 0 Å². The first kappa shape index (κ1) is 10.4. The molecule has 0 aliphatic carbocycles. The van der Waals surface area contributed by atoms with Crippen LogP contribution in [0, 0.1) is 6.92 Å². The highest BCUT2D eigenvalue weighted by molar-refractivity contribution is 7.80. The molecule has 0 radical (unpaired) electrons. The summed E-state index contributed by atoms with van der Waals surface area (Å²) in [7, 11) is 0. The zero-order chi connectivity index (χ0) is 11.0. The van der Waals surface area contributed by atoms with Crippen molar-refractivity contribution >= 4 is 40.5 Å². The molecule has 1 saturated heterocycles. The van der Waals surface area contributed by atoms with Gasteiger partial charge in [0.05, 0.1) is 12.2 Å². The molecule has 2 rings (SSSR count). The summed E-state index contributed by atoms with van der Waals surface area (Å²) in [5.74, 6) is -0.0506. The van der Waals surface area contributed by atoms with Crippen molar-refractivity contribution in [2.24, 2.45) is 0 Å². The number of hydrogen-bond donors (Lipinski definition) is 1. The molecule has 3 nitrogen and oxygen atoms in total. The molecule has 1 N–H and O–H groups in total. The summed E-state index contributed by atoms with van der Waals surface area (Å²) in [5, 5.41) is 3.90. The maximum Gasteiger partial charge on any atom is 0.252 e. The van der Waals surface area contributed by atoms with Gasteiger partial charge in [-0.2, -0.15) is 0 Å². The maximum atomic E-state index is 11.6. The third-order valence-electron chi connectivity index (χ3n) is 2.32. The van der Waals surface area contributed by atoms with Crippen molar-refractivity contribution < 1.29 is 4.79 Å². The second-order valence-corrected chi connectivity index (χ2v) is 4.07. The van der Waals surface area contributed by atoms with E-state index in [1.54, 1.807) is 12.1 Å². The number of anilines is 1. The molecule has 1 fully saturated rings. The fourth-order valence-electron chi connectivity index (χ4n) is 1.50. The van der Waals surface area contributed by atoms with Crippen molar-refractivity contribution in [1.82, 2.24) is 5.32 Å². The molecule has 1 heterocycles. The van der Waals surface area contributed by atoms with E-state index >= 15 is 0 Å². The number of thiocarbonyl (C=S) groups is 1. The number of nitrogens with zero attached hydrogens (tertiary/aromatic N) is 1. The lowest BCUT2D eigenvalue weighted by molar-refractivity contribution is -0.115. The number of carbonyl (C=O) groups is 1. The lowest BCUT2D eigenvalue weighted by atomic mass is 10.2. The molecule has 5 heteroatoms. The smallest absolute Gasteiger partial charge is 0.252 e. The van der Waals surface area contributed by atoms with Gasteiger partial charge in [-0.25, -0.2) is 0 Å². The molecule has 15 heavy (non-hydrogen) atoms. The Morgan fingerprint density at radius 1 is 1.53 bits per heavy atom. The van der Waals surface area contributed by atoms with Crippen LogP contribution in [0.3, 0.4) is 0 Å². The lowest BCUT2D eigenvalue weighted by Crippen LogP contribution is -2.31. The molecule has 1 aliphatic rings. The van der Waals surface area contributed by atoms with Crippen LogP contribution in [0.4, 0.5) is 5.69 Å². The van der Waals surface area contributed by atoms with Crippen molar-refractivity contribution in [2.45, 2.75) is 6.92 Å².